The van der Waals surface area contributed by atoms with Crippen molar-refractivity contribution in [2.24, 2.45) is 0 Å². The highest BCUT2D eigenvalue weighted by Crippen LogP contribution is 2.17. The van der Waals surface area contributed by atoms with Gasteiger partial charge in [0.2, 0.25) is 11.8 Å². The number of benzene rings is 1. The van der Waals surface area contributed by atoms with E-state index < -0.39 is 6.04 Å². The summed E-state index contributed by atoms with van der Waals surface area (Å²) in [6, 6.07) is 9.42. The van der Waals surface area contributed by atoms with E-state index in [0.717, 1.165) is 16.1 Å². The van der Waals surface area contributed by atoms with Gasteiger partial charge in [-0.3, -0.25) is 9.59 Å². The molecule has 0 saturated carbocycles. The van der Waals surface area contributed by atoms with Crippen molar-refractivity contribution in [3.8, 4) is 0 Å². The Morgan fingerprint density at radius 3 is 2.88 bits per heavy atom. The molecule has 1 aromatic heterocycles. The molecule has 1 aliphatic heterocycles. The molecular formula is C18H21N3O2S. The molecule has 1 saturated heterocycles. The number of thiazole rings is 1. The molecule has 24 heavy (non-hydrogen) atoms. The van der Waals surface area contributed by atoms with Crippen molar-refractivity contribution >= 4 is 23.2 Å². The largest absolute Gasteiger partial charge is 0.353 e. The number of rotatable bonds is 5. The first-order chi connectivity index (χ1) is 11.6. The van der Waals surface area contributed by atoms with Crippen LogP contribution in [0.4, 0.5) is 0 Å². The van der Waals surface area contributed by atoms with Crippen LogP contribution in [0, 0.1) is 6.92 Å². The zero-order chi connectivity index (χ0) is 16.9. The fourth-order valence-corrected chi connectivity index (χ4v) is 3.76. The molecule has 0 spiro atoms. The predicted octanol–water partition coefficient (Wildman–Crippen LogP) is 1.95. The maximum atomic E-state index is 12.7. The number of nitrogens with zero attached hydrogens (tertiary/aromatic N) is 2. The summed E-state index contributed by atoms with van der Waals surface area (Å²) in [6.07, 6.45) is 1.66. The quantitative estimate of drug-likeness (QED) is 0.903. The highest BCUT2D eigenvalue weighted by molar-refractivity contribution is 7.09. The second-order valence-corrected chi connectivity index (χ2v) is 6.88. The minimum atomic E-state index is -0.420. The fraction of sp³-hybridized carbons (Fsp3) is 0.389. The lowest BCUT2D eigenvalue weighted by atomic mass is 10.0. The second kappa shape index (κ2) is 7.57. The summed E-state index contributed by atoms with van der Waals surface area (Å²) in [5.41, 5.74) is 3.86. The lowest BCUT2D eigenvalue weighted by molar-refractivity contribution is -0.143. The Balaban J connectivity index is 1.67. The van der Waals surface area contributed by atoms with Crippen molar-refractivity contribution in [3.05, 3.63) is 52.0 Å². The van der Waals surface area contributed by atoms with Gasteiger partial charge in [0.15, 0.2) is 0 Å². The van der Waals surface area contributed by atoms with Crippen molar-refractivity contribution in [1.29, 1.82) is 0 Å². The molecule has 0 aliphatic carbocycles. The Morgan fingerprint density at radius 1 is 1.38 bits per heavy atom. The van der Waals surface area contributed by atoms with Crippen LogP contribution in [0.2, 0.25) is 0 Å². The van der Waals surface area contributed by atoms with Crippen LogP contribution in [-0.2, 0) is 22.4 Å². The van der Waals surface area contributed by atoms with Gasteiger partial charge in [-0.2, -0.15) is 0 Å². The van der Waals surface area contributed by atoms with Crippen molar-refractivity contribution in [1.82, 2.24) is 15.2 Å². The van der Waals surface area contributed by atoms with Crippen LogP contribution in [0.3, 0.4) is 0 Å². The summed E-state index contributed by atoms with van der Waals surface area (Å²) in [5, 5.41) is 2.88. The molecule has 3 rings (SSSR count). The zero-order valence-corrected chi connectivity index (χ0v) is 14.5. The van der Waals surface area contributed by atoms with E-state index in [9.17, 15) is 9.59 Å². The molecule has 1 unspecified atom stereocenters. The summed E-state index contributed by atoms with van der Waals surface area (Å²) in [4.78, 5) is 32.1. The van der Waals surface area contributed by atoms with Gasteiger partial charge >= 0.3 is 0 Å². The molecule has 126 valence electrons. The van der Waals surface area contributed by atoms with Gasteiger partial charge in [-0.15, -0.1) is 11.3 Å². The lowest BCUT2D eigenvalue weighted by Gasteiger charge is -2.35. The number of aromatic nitrogens is 1. The second-order valence-electron chi connectivity index (χ2n) is 5.94. The van der Waals surface area contributed by atoms with Crippen LogP contribution in [0.5, 0.6) is 0 Å². The van der Waals surface area contributed by atoms with E-state index in [-0.39, 0.29) is 11.8 Å². The van der Waals surface area contributed by atoms with Crippen LogP contribution < -0.4 is 5.32 Å². The molecule has 2 amide bonds. The van der Waals surface area contributed by atoms with Crippen LogP contribution in [0.1, 0.15) is 22.6 Å². The third kappa shape index (κ3) is 3.82. The van der Waals surface area contributed by atoms with Crippen LogP contribution in [0.15, 0.2) is 35.8 Å². The maximum absolute atomic E-state index is 12.7. The first kappa shape index (κ1) is 16.6. The molecule has 1 atom stereocenters. The van der Waals surface area contributed by atoms with Gasteiger partial charge in [-0.1, -0.05) is 30.3 Å². The highest BCUT2D eigenvalue weighted by atomic mass is 32.1. The molecule has 1 fully saturated rings. The molecule has 0 radical (unpaired) electrons. The number of hydrogen-bond acceptors (Lipinski definition) is 4. The normalized spacial score (nSPS) is 17.6. The topological polar surface area (TPSA) is 62.3 Å². The third-order valence-corrected chi connectivity index (χ3v) is 5.33. The Kier molecular flexibility index (Phi) is 5.25. The Morgan fingerprint density at radius 2 is 2.17 bits per heavy atom. The number of carbonyl (C=O) groups is 2. The van der Waals surface area contributed by atoms with Gasteiger partial charge < -0.3 is 10.2 Å². The van der Waals surface area contributed by atoms with E-state index in [1.165, 1.54) is 0 Å². The van der Waals surface area contributed by atoms with Crippen molar-refractivity contribution in [2.75, 3.05) is 13.1 Å². The highest BCUT2D eigenvalue weighted by Gasteiger charge is 2.32. The van der Waals surface area contributed by atoms with E-state index in [1.54, 1.807) is 16.2 Å². The smallest absolute Gasteiger partial charge is 0.243 e. The lowest BCUT2D eigenvalue weighted by Crippen LogP contribution is -2.58. The monoisotopic (exact) mass is 343 g/mol. The Bertz CT molecular complexity index is 714. The van der Waals surface area contributed by atoms with Gasteiger partial charge in [0.05, 0.1) is 11.2 Å². The molecular weight excluding hydrogens is 322 g/mol. The standard InChI is InChI=1S/C18H21N3O2S/c1-13-16(24-12-20-13)7-8-17(22)21-10-9-19-18(23)15(21)11-14-5-3-2-4-6-14/h2-6,12,15H,7-11H2,1H3,(H,19,23). The van der Waals surface area contributed by atoms with E-state index in [1.807, 2.05) is 42.8 Å². The molecule has 1 aromatic carbocycles. The number of piperazine rings is 1. The summed E-state index contributed by atoms with van der Waals surface area (Å²) in [7, 11) is 0. The van der Waals surface area contributed by atoms with Crippen molar-refractivity contribution in [3.63, 3.8) is 0 Å². The summed E-state index contributed by atoms with van der Waals surface area (Å²) < 4.78 is 0. The van der Waals surface area contributed by atoms with Gasteiger partial charge in [-0.05, 0) is 18.9 Å². The van der Waals surface area contributed by atoms with Crippen LogP contribution in [0.25, 0.3) is 0 Å². The maximum Gasteiger partial charge on any atom is 0.243 e. The van der Waals surface area contributed by atoms with E-state index in [2.05, 4.69) is 10.3 Å². The van der Waals surface area contributed by atoms with Gasteiger partial charge in [0.25, 0.3) is 0 Å². The molecule has 2 aromatic rings. The summed E-state index contributed by atoms with van der Waals surface area (Å²) in [5.74, 6) is -0.0222. The number of amides is 2. The third-order valence-electron chi connectivity index (χ3n) is 4.33. The molecule has 1 aliphatic rings. The number of aryl methyl sites for hydroxylation is 2. The average molecular weight is 343 g/mol. The molecule has 1 N–H and O–H groups in total. The van der Waals surface area contributed by atoms with Gasteiger partial charge in [0, 0.05) is 30.8 Å². The van der Waals surface area contributed by atoms with Crippen molar-refractivity contribution < 1.29 is 9.59 Å². The molecule has 5 nitrogen and oxygen atoms in total. The van der Waals surface area contributed by atoms with Gasteiger partial charge in [0.1, 0.15) is 6.04 Å². The first-order valence-electron chi connectivity index (χ1n) is 8.15. The van der Waals surface area contributed by atoms with E-state index in [0.29, 0.717) is 32.4 Å². The Hall–Kier alpha value is -2.21. The average Bonchev–Trinajstić information content (AvgIpc) is 3.00. The number of nitrogens with one attached hydrogen (secondary N) is 1. The predicted molar refractivity (Wildman–Crippen MR) is 93.8 cm³/mol. The van der Waals surface area contributed by atoms with E-state index in [4.69, 9.17) is 0 Å². The molecule has 0 bridgehead atoms. The van der Waals surface area contributed by atoms with Crippen molar-refractivity contribution in [2.45, 2.75) is 32.2 Å². The summed E-state index contributed by atoms with van der Waals surface area (Å²) >= 11 is 1.58. The fourth-order valence-electron chi connectivity index (χ4n) is 2.98. The molecule has 2 heterocycles. The minimum Gasteiger partial charge on any atom is -0.353 e. The first-order valence-corrected chi connectivity index (χ1v) is 9.03. The number of hydrogen-bond donors (Lipinski definition) is 1. The van der Waals surface area contributed by atoms with Gasteiger partial charge in [-0.25, -0.2) is 4.98 Å². The van der Waals surface area contributed by atoms with Crippen LogP contribution >= 0.6 is 11.3 Å². The summed E-state index contributed by atoms with van der Waals surface area (Å²) in [6.45, 7) is 3.06. The van der Waals surface area contributed by atoms with E-state index >= 15 is 0 Å². The molecule has 6 heteroatoms. The Labute approximate surface area is 145 Å². The number of carbonyl (C=O) groups excluding carboxylic acids is 2. The zero-order valence-electron chi connectivity index (χ0n) is 13.7. The van der Waals surface area contributed by atoms with Crippen LogP contribution in [-0.4, -0.2) is 40.8 Å². The SMILES string of the molecule is Cc1ncsc1CCC(=O)N1CCNC(=O)C1Cc1ccccc1. The minimum absolute atomic E-state index is 0.0404.